The second-order valence-corrected chi connectivity index (χ2v) is 5.63. The molecular formula is C13H19NO2S. The third-order valence-corrected chi connectivity index (χ3v) is 4.55. The summed E-state index contributed by atoms with van der Waals surface area (Å²) in [6.07, 6.45) is 3.02. The molecular weight excluding hydrogens is 234 g/mol. The van der Waals surface area contributed by atoms with Gasteiger partial charge in [0, 0.05) is 36.5 Å². The standard InChI is InChI=1S/C13H19NO2S/c14-10-13(5-7-16-8-6-13)12(15)4-3-11-2-1-9-17-11/h1-2,9H,3-8,10,14H2. The first-order chi connectivity index (χ1) is 8.27. The Hall–Kier alpha value is -0.710. The van der Waals surface area contributed by atoms with E-state index in [1.807, 2.05) is 11.4 Å². The average Bonchev–Trinajstić information content (AvgIpc) is 2.90. The zero-order valence-electron chi connectivity index (χ0n) is 9.98. The summed E-state index contributed by atoms with van der Waals surface area (Å²) < 4.78 is 5.32. The van der Waals surface area contributed by atoms with E-state index in [-0.39, 0.29) is 5.41 Å². The number of nitrogens with two attached hydrogens (primary N) is 1. The normalized spacial score (nSPS) is 19.1. The maximum Gasteiger partial charge on any atom is 0.140 e. The molecule has 17 heavy (non-hydrogen) atoms. The molecule has 0 aliphatic carbocycles. The fourth-order valence-electron chi connectivity index (χ4n) is 2.32. The number of aryl methyl sites for hydroxylation is 1. The maximum atomic E-state index is 12.3. The van der Waals surface area contributed by atoms with Gasteiger partial charge in [-0.05, 0) is 30.7 Å². The van der Waals surface area contributed by atoms with Gasteiger partial charge in [0.1, 0.15) is 5.78 Å². The summed E-state index contributed by atoms with van der Waals surface area (Å²) in [6, 6.07) is 4.11. The monoisotopic (exact) mass is 253 g/mol. The molecule has 2 rings (SSSR count). The lowest BCUT2D eigenvalue weighted by Gasteiger charge is -2.34. The molecule has 1 aromatic heterocycles. The first-order valence-corrected chi connectivity index (χ1v) is 6.98. The van der Waals surface area contributed by atoms with E-state index in [9.17, 15) is 4.79 Å². The first kappa shape index (κ1) is 12.7. The highest BCUT2D eigenvalue weighted by Gasteiger charge is 2.37. The molecule has 1 fully saturated rings. The van der Waals surface area contributed by atoms with Crippen LogP contribution >= 0.6 is 11.3 Å². The third kappa shape index (κ3) is 2.94. The number of Topliss-reactive ketones (excluding diaryl/α,β-unsaturated/α-hetero) is 1. The van der Waals surface area contributed by atoms with Gasteiger partial charge in [0.15, 0.2) is 0 Å². The molecule has 0 saturated carbocycles. The molecule has 2 heterocycles. The second kappa shape index (κ2) is 5.76. The molecule has 0 radical (unpaired) electrons. The summed E-state index contributed by atoms with van der Waals surface area (Å²) in [5.41, 5.74) is 5.50. The van der Waals surface area contributed by atoms with Crippen molar-refractivity contribution in [2.75, 3.05) is 19.8 Å². The van der Waals surface area contributed by atoms with E-state index in [1.165, 1.54) is 4.88 Å². The molecule has 0 bridgehead atoms. The average molecular weight is 253 g/mol. The van der Waals surface area contributed by atoms with Crippen LogP contribution in [0.25, 0.3) is 0 Å². The smallest absolute Gasteiger partial charge is 0.140 e. The Bertz CT molecular complexity index is 356. The molecule has 1 aliphatic rings. The number of hydrogen-bond acceptors (Lipinski definition) is 4. The van der Waals surface area contributed by atoms with Gasteiger partial charge in [-0.2, -0.15) is 0 Å². The minimum absolute atomic E-state index is 0.310. The lowest BCUT2D eigenvalue weighted by atomic mass is 9.75. The van der Waals surface area contributed by atoms with E-state index in [4.69, 9.17) is 10.5 Å². The molecule has 4 heteroatoms. The van der Waals surface area contributed by atoms with Gasteiger partial charge in [-0.1, -0.05) is 6.07 Å². The Kier molecular flexibility index (Phi) is 4.31. The van der Waals surface area contributed by atoms with Crippen LogP contribution in [0.4, 0.5) is 0 Å². The predicted octanol–water partition coefficient (Wildman–Crippen LogP) is 2.01. The van der Waals surface area contributed by atoms with E-state index >= 15 is 0 Å². The summed E-state index contributed by atoms with van der Waals surface area (Å²) in [4.78, 5) is 13.6. The van der Waals surface area contributed by atoms with E-state index in [2.05, 4.69) is 6.07 Å². The predicted molar refractivity (Wildman–Crippen MR) is 69.2 cm³/mol. The molecule has 0 aromatic carbocycles. The molecule has 0 spiro atoms. The van der Waals surface area contributed by atoms with Crippen molar-refractivity contribution < 1.29 is 9.53 Å². The van der Waals surface area contributed by atoms with Crippen LogP contribution in [0, 0.1) is 5.41 Å². The van der Waals surface area contributed by atoms with Crippen LogP contribution < -0.4 is 5.73 Å². The van der Waals surface area contributed by atoms with Crippen LogP contribution in [0.2, 0.25) is 0 Å². The summed E-state index contributed by atoms with van der Waals surface area (Å²) in [7, 11) is 0. The van der Waals surface area contributed by atoms with E-state index in [0.717, 1.165) is 19.3 Å². The van der Waals surface area contributed by atoms with Gasteiger partial charge in [-0.3, -0.25) is 4.79 Å². The van der Waals surface area contributed by atoms with Crippen LogP contribution in [0.1, 0.15) is 24.1 Å². The number of ketones is 1. The molecule has 94 valence electrons. The number of ether oxygens (including phenoxy) is 1. The SMILES string of the molecule is NCC1(C(=O)CCc2cccs2)CCOCC1. The number of carbonyl (C=O) groups is 1. The number of carbonyl (C=O) groups excluding carboxylic acids is 1. The molecule has 0 unspecified atom stereocenters. The molecule has 1 aromatic rings. The number of hydrogen-bond donors (Lipinski definition) is 1. The van der Waals surface area contributed by atoms with Crippen molar-refractivity contribution in [2.24, 2.45) is 11.1 Å². The Morgan fingerprint density at radius 2 is 2.24 bits per heavy atom. The first-order valence-electron chi connectivity index (χ1n) is 6.10. The molecule has 1 aliphatic heterocycles. The summed E-state index contributed by atoms with van der Waals surface area (Å²) in [6.45, 7) is 1.80. The lowest BCUT2D eigenvalue weighted by Crippen LogP contribution is -2.43. The molecule has 1 saturated heterocycles. The molecule has 0 amide bonds. The number of rotatable bonds is 5. The van der Waals surface area contributed by atoms with Crippen molar-refractivity contribution >= 4 is 17.1 Å². The Morgan fingerprint density at radius 3 is 2.82 bits per heavy atom. The van der Waals surface area contributed by atoms with E-state index in [0.29, 0.717) is 32.0 Å². The highest BCUT2D eigenvalue weighted by Crippen LogP contribution is 2.32. The van der Waals surface area contributed by atoms with E-state index in [1.54, 1.807) is 11.3 Å². The van der Waals surface area contributed by atoms with Gasteiger partial charge in [-0.25, -0.2) is 0 Å². The summed E-state index contributed by atoms with van der Waals surface area (Å²) >= 11 is 1.71. The van der Waals surface area contributed by atoms with Crippen LogP contribution in [0.5, 0.6) is 0 Å². The highest BCUT2D eigenvalue weighted by molar-refractivity contribution is 7.09. The van der Waals surface area contributed by atoms with Gasteiger partial charge < -0.3 is 10.5 Å². The lowest BCUT2D eigenvalue weighted by molar-refractivity contribution is -0.133. The fraction of sp³-hybridized carbons (Fsp3) is 0.615. The minimum Gasteiger partial charge on any atom is -0.381 e. The molecule has 3 nitrogen and oxygen atoms in total. The van der Waals surface area contributed by atoms with Gasteiger partial charge in [-0.15, -0.1) is 11.3 Å². The Labute approximate surface area is 106 Å². The van der Waals surface area contributed by atoms with Crippen molar-refractivity contribution in [1.82, 2.24) is 0 Å². The largest absolute Gasteiger partial charge is 0.381 e. The van der Waals surface area contributed by atoms with Gasteiger partial charge >= 0.3 is 0 Å². The Morgan fingerprint density at radius 1 is 1.47 bits per heavy atom. The minimum atomic E-state index is -0.310. The Balaban J connectivity index is 1.93. The molecule has 2 N–H and O–H groups in total. The summed E-state index contributed by atoms with van der Waals surface area (Å²) in [5.74, 6) is 0.316. The van der Waals surface area contributed by atoms with Crippen LogP contribution in [-0.2, 0) is 16.0 Å². The van der Waals surface area contributed by atoms with Crippen molar-refractivity contribution in [2.45, 2.75) is 25.7 Å². The number of thiophene rings is 1. The van der Waals surface area contributed by atoms with Crippen molar-refractivity contribution in [3.63, 3.8) is 0 Å². The van der Waals surface area contributed by atoms with Crippen LogP contribution in [0.3, 0.4) is 0 Å². The van der Waals surface area contributed by atoms with Crippen molar-refractivity contribution in [1.29, 1.82) is 0 Å². The zero-order valence-corrected chi connectivity index (χ0v) is 10.8. The quantitative estimate of drug-likeness (QED) is 0.873. The maximum absolute atomic E-state index is 12.3. The second-order valence-electron chi connectivity index (χ2n) is 4.60. The van der Waals surface area contributed by atoms with Gasteiger partial charge in [0.25, 0.3) is 0 Å². The van der Waals surface area contributed by atoms with Crippen molar-refractivity contribution in [3.05, 3.63) is 22.4 Å². The fourth-order valence-corrected chi connectivity index (χ4v) is 3.02. The van der Waals surface area contributed by atoms with Crippen LogP contribution in [-0.4, -0.2) is 25.5 Å². The van der Waals surface area contributed by atoms with Crippen molar-refractivity contribution in [3.8, 4) is 0 Å². The topological polar surface area (TPSA) is 52.3 Å². The van der Waals surface area contributed by atoms with Gasteiger partial charge in [0.05, 0.1) is 0 Å². The highest BCUT2D eigenvalue weighted by atomic mass is 32.1. The summed E-state index contributed by atoms with van der Waals surface area (Å²) in [5, 5.41) is 2.05. The van der Waals surface area contributed by atoms with Crippen LogP contribution in [0.15, 0.2) is 17.5 Å². The van der Waals surface area contributed by atoms with E-state index < -0.39 is 0 Å². The zero-order chi connectivity index (χ0) is 12.1. The van der Waals surface area contributed by atoms with Gasteiger partial charge in [0.2, 0.25) is 0 Å². The third-order valence-electron chi connectivity index (χ3n) is 3.61. The molecule has 0 atom stereocenters.